The molecule has 0 fully saturated rings. The van der Waals surface area contributed by atoms with Gasteiger partial charge in [0.1, 0.15) is 6.61 Å². The van der Waals surface area contributed by atoms with Crippen LogP contribution < -0.4 is 5.32 Å². The number of nitro benzene ring substituents is 1. The molecular weight excluding hydrogens is 308 g/mol. The van der Waals surface area contributed by atoms with Crippen molar-refractivity contribution in [2.45, 2.75) is 13.0 Å². The summed E-state index contributed by atoms with van der Waals surface area (Å²) in [5.41, 5.74) is 1.64. The van der Waals surface area contributed by atoms with Crippen LogP contribution in [0.1, 0.15) is 17.5 Å². The maximum Gasteiger partial charge on any atom is 0.407 e. The van der Waals surface area contributed by atoms with E-state index in [0.29, 0.717) is 18.5 Å². The lowest BCUT2D eigenvalue weighted by Crippen LogP contribution is -2.24. The maximum atomic E-state index is 11.5. The highest BCUT2D eigenvalue weighted by molar-refractivity contribution is 5.67. The van der Waals surface area contributed by atoms with E-state index in [2.05, 4.69) is 17.2 Å². The number of rotatable bonds is 5. The van der Waals surface area contributed by atoms with Gasteiger partial charge in [0.25, 0.3) is 5.69 Å². The number of hydrogen-bond acceptors (Lipinski definition) is 4. The number of alkyl carbamates (subject to hydrolysis) is 1. The number of nitro groups is 1. The molecule has 0 bridgehead atoms. The average Bonchev–Trinajstić information content (AvgIpc) is 2.61. The minimum atomic E-state index is -0.490. The molecule has 0 atom stereocenters. The fourth-order valence-corrected chi connectivity index (χ4v) is 1.83. The van der Waals surface area contributed by atoms with Crippen LogP contribution in [-0.2, 0) is 11.3 Å². The van der Waals surface area contributed by atoms with E-state index in [1.807, 2.05) is 30.3 Å². The number of nitrogens with zero attached hydrogens (tertiary/aromatic N) is 1. The van der Waals surface area contributed by atoms with Gasteiger partial charge in [-0.15, -0.1) is 0 Å². The Kier molecular flexibility index (Phi) is 6.35. The number of amides is 1. The van der Waals surface area contributed by atoms with Crippen molar-refractivity contribution in [3.05, 3.63) is 75.8 Å². The zero-order valence-corrected chi connectivity index (χ0v) is 12.9. The molecule has 6 nitrogen and oxygen atoms in total. The number of nitrogens with one attached hydrogen (secondary N) is 1. The van der Waals surface area contributed by atoms with Gasteiger partial charge in [0.15, 0.2) is 0 Å². The van der Waals surface area contributed by atoms with E-state index in [1.165, 1.54) is 12.1 Å². The summed E-state index contributed by atoms with van der Waals surface area (Å²) in [6.07, 6.45) is -0.0340. The first-order valence-electron chi connectivity index (χ1n) is 7.33. The maximum absolute atomic E-state index is 11.5. The van der Waals surface area contributed by atoms with Crippen LogP contribution in [0.4, 0.5) is 10.5 Å². The Morgan fingerprint density at radius 2 is 1.83 bits per heavy atom. The van der Waals surface area contributed by atoms with Crippen molar-refractivity contribution in [2.24, 2.45) is 0 Å². The highest BCUT2D eigenvalue weighted by Crippen LogP contribution is 2.10. The molecule has 2 aromatic rings. The van der Waals surface area contributed by atoms with Crippen molar-refractivity contribution in [3.63, 3.8) is 0 Å². The lowest BCUT2D eigenvalue weighted by Gasteiger charge is -2.05. The number of benzene rings is 2. The van der Waals surface area contributed by atoms with Gasteiger partial charge in [-0.25, -0.2) is 4.79 Å². The van der Waals surface area contributed by atoms with Crippen molar-refractivity contribution in [2.75, 3.05) is 6.54 Å². The molecular formula is C18H16N2O4. The monoisotopic (exact) mass is 324 g/mol. The van der Waals surface area contributed by atoms with E-state index in [1.54, 1.807) is 12.1 Å². The molecule has 2 aromatic carbocycles. The third-order valence-corrected chi connectivity index (χ3v) is 3.04. The normalized spacial score (nSPS) is 9.50. The second kappa shape index (κ2) is 8.96. The lowest BCUT2D eigenvalue weighted by molar-refractivity contribution is -0.384. The molecule has 0 saturated heterocycles. The molecule has 0 saturated carbocycles. The topological polar surface area (TPSA) is 81.5 Å². The molecule has 2 rings (SSSR count). The molecule has 0 spiro atoms. The Morgan fingerprint density at radius 3 is 2.50 bits per heavy atom. The van der Waals surface area contributed by atoms with E-state index in [9.17, 15) is 14.9 Å². The van der Waals surface area contributed by atoms with Crippen LogP contribution in [0.15, 0.2) is 54.6 Å². The van der Waals surface area contributed by atoms with E-state index in [-0.39, 0.29) is 12.3 Å². The Balaban J connectivity index is 1.67. The second-order valence-corrected chi connectivity index (χ2v) is 4.84. The summed E-state index contributed by atoms with van der Waals surface area (Å²) in [4.78, 5) is 21.6. The van der Waals surface area contributed by atoms with Gasteiger partial charge < -0.3 is 10.1 Å². The Morgan fingerprint density at radius 1 is 1.12 bits per heavy atom. The quantitative estimate of drug-likeness (QED) is 0.396. The molecule has 0 aliphatic carbocycles. The van der Waals surface area contributed by atoms with Crippen molar-refractivity contribution >= 4 is 11.8 Å². The first-order chi connectivity index (χ1) is 11.6. The average molecular weight is 324 g/mol. The molecule has 0 unspecified atom stereocenters. The van der Waals surface area contributed by atoms with Gasteiger partial charge >= 0.3 is 6.09 Å². The van der Waals surface area contributed by atoms with Gasteiger partial charge in [0.05, 0.1) is 4.92 Å². The van der Waals surface area contributed by atoms with Crippen LogP contribution in [0.25, 0.3) is 0 Å². The summed E-state index contributed by atoms with van der Waals surface area (Å²) in [5.74, 6) is 5.77. The minimum absolute atomic E-state index is 0.0309. The predicted molar refractivity (Wildman–Crippen MR) is 89.2 cm³/mol. The van der Waals surface area contributed by atoms with Crippen LogP contribution >= 0.6 is 0 Å². The fraction of sp³-hybridized carbons (Fsp3) is 0.167. The number of non-ortho nitro benzene ring substituents is 1. The van der Waals surface area contributed by atoms with Crippen molar-refractivity contribution in [1.29, 1.82) is 0 Å². The third-order valence-electron chi connectivity index (χ3n) is 3.04. The van der Waals surface area contributed by atoms with E-state index >= 15 is 0 Å². The standard InChI is InChI=1S/C18H16N2O4/c21-18(24-14-16-7-2-1-3-8-16)19-13-5-4-6-15-9-11-17(12-10-15)20(22)23/h1-3,7-12H,5,13-14H2,(H,19,21). The Hall–Kier alpha value is -3.33. The molecule has 1 amide bonds. The van der Waals surface area contributed by atoms with Crippen LogP contribution in [0, 0.1) is 22.0 Å². The first kappa shape index (κ1) is 17.0. The van der Waals surface area contributed by atoms with Gasteiger partial charge in [-0.2, -0.15) is 0 Å². The predicted octanol–water partition coefficient (Wildman–Crippen LogP) is 3.26. The SMILES string of the molecule is O=C(NCCC#Cc1ccc([N+](=O)[O-])cc1)OCc1ccccc1. The summed E-state index contributed by atoms with van der Waals surface area (Å²) in [7, 11) is 0. The Labute approximate surface area is 139 Å². The summed E-state index contributed by atoms with van der Waals surface area (Å²) in [6.45, 7) is 0.592. The smallest absolute Gasteiger partial charge is 0.407 e. The van der Waals surface area contributed by atoms with Gasteiger partial charge in [0.2, 0.25) is 0 Å². The first-order valence-corrected chi connectivity index (χ1v) is 7.33. The third kappa shape index (κ3) is 5.81. The zero-order valence-electron chi connectivity index (χ0n) is 12.9. The molecule has 0 heterocycles. The van der Waals surface area contributed by atoms with E-state index in [4.69, 9.17) is 4.74 Å². The fourth-order valence-electron chi connectivity index (χ4n) is 1.83. The Bertz CT molecular complexity index is 746. The number of ether oxygens (including phenoxy) is 1. The molecule has 122 valence electrons. The van der Waals surface area contributed by atoms with E-state index in [0.717, 1.165) is 5.56 Å². The molecule has 0 aromatic heterocycles. The van der Waals surface area contributed by atoms with Crippen LogP contribution in [-0.4, -0.2) is 17.6 Å². The molecule has 0 radical (unpaired) electrons. The van der Waals surface area contributed by atoms with Crippen LogP contribution in [0.3, 0.4) is 0 Å². The number of hydrogen-bond donors (Lipinski definition) is 1. The highest BCUT2D eigenvalue weighted by atomic mass is 16.6. The summed E-state index contributed by atoms with van der Waals surface area (Å²) in [6, 6.07) is 15.4. The van der Waals surface area contributed by atoms with Crippen molar-refractivity contribution in [3.8, 4) is 11.8 Å². The molecule has 6 heteroatoms. The largest absolute Gasteiger partial charge is 0.445 e. The van der Waals surface area contributed by atoms with Crippen LogP contribution in [0.5, 0.6) is 0 Å². The van der Waals surface area contributed by atoms with Gasteiger partial charge in [-0.1, -0.05) is 42.2 Å². The molecule has 0 aliphatic rings. The summed E-state index contributed by atoms with van der Waals surface area (Å²) < 4.78 is 5.07. The second-order valence-electron chi connectivity index (χ2n) is 4.84. The molecule has 0 aliphatic heterocycles. The lowest BCUT2D eigenvalue weighted by atomic mass is 10.2. The van der Waals surface area contributed by atoms with Crippen LogP contribution in [0.2, 0.25) is 0 Å². The summed E-state index contributed by atoms with van der Waals surface area (Å²) in [5, 5.41) is 13.1. The molecule has 24 heavy (non-hydrogen) atoms. The molecule has 1 N–H and O–H groups in total. The zero-order chi connectivity index (χ0) is 17.2. The van der Waals surface area contributed by atoms with Crippen molar-refractivity contribution < 1.29 is 14.5 Å². The van der Waals surface area contributed by atoms with Gasteiger partial charge in [-0.3, -0.25) is 10.1 Å². The summed E-state index contributed by atoms with van der Waals surface area (Å²) >= 11 is 0. The number of carbonyl (C=O) groups is 1. The number of carbonyl (C=O) groups excluding carboxylic acids is 1. The van der Waals surface area contributed by atoms with Crippen molar-refractivity contribution in [1.82, 2.24) is 5.32 Å². The van der Waals surface area contributed by atoms with Gasteiger partial charge in [0, 0.05) is 30.7 Å². The highest BCUT2D eigenvalue weighted by Gasteiger charge is 2.02. The minimum Gasteiger partial charge on any atom is -0.445 e. The van der Waals surface area contributed by atoms with E-state index < -0.39 is 11.0 Å². The van der Waals surface area contributed by atoms with Gasteiger partial charge in [-0.05, 0) is 17.7 Å².